The number of nitrogens with zero attached hydrogens (tertiary/aromatic N) is 4. The van der Waals surface area contributed by atoms with E-state index in [1.165, 1.54) is 5.69 Å². The molecule has 2 aromatic rings. The summed E-state index contributed by atoms with van der Waals surface area (Å²) in [5, 5.41) is 0. The Balaban J connectivity index is 1.80. The Morgan fingerprint density at radius 1 is 0.905 bits per heavy atom. The van der Waals surface area contributed by atoms with E-state index >= 15 is 0 Å². The van der Waals surface area contributed by atoms with Gasteiger partial charge in [-0.3, -0.25) is 0 Å². The topological polar surface area (TPSA) is 84.3 Å². The van der Waals surface area contributed by atoms with E-state index in [0.717, 1.165) is 31.7 Å². The van der Waals surface area contributed by atoms with Crippen molar-refractivity contribution in [3.05, 3.63) is 30.3 Å². The highest BCUT2D eigenvalue weighted by atomic mass is 15.2. The fourth-order valence-corrected chi connectivity index (χ4v) is 2.50. The summed E-state index contributed by atoms with van der Waals surface area (Å²) in [7, 11) is 2.15. The first kappa shape index (κ1) is 13.6. The Bertz CT molecular complexity index is 596. The molecular weight excluding hydrogens is 264 g/mol. The van der Waals surface area contributed by atoms with E-state index in [-0.39, 0.29) is 0 Å². The number of anilines is 3. The van der Waals surface area contributed by atoms with Crippen LogP contribution in [0.25, 0.3) is 11.4 Å². The molecule has 6 nitrogen and oxygen atoms in total. The summed E-state index contributed by atoms with van der Waals surface area (Å²) < 4.78 is 0. The van der Waals surface area contributed by atoms with Gasteiger partial charge >= 0.3 is 0 Å². The molecule has 21 heavy (non-hydrogen) atoms. The maximum Gasteiger partial charge on any atom is 0.163 e. The number of benzene rings is 1. The lowest BCUT2D eigenvalue weighted by Gasteiger charge is -2.34. The Kier molecular flexibility index (Phi) is 3.62. The molecule has 0 unspecified atom stereocenters. The van der Waals surface area contributed by atoms with Crippen LogP contribution in [-0.4, -0.2) is 48.1 Å². The van der Waals surface area contributed by atoms with Gasteiger partial charge in [-0.1, -0.05) is 0 Å². The molecule has 6 heteroatoms. The minimum atomic E-state index is 0.389. The quantitative estimate of drug-likeness (QED) is 0.858. The first-order chi connectivity index (χ1) is 10.1. The fourth-order valence-electron chi connectivity index (χ4n) is 2.50. The maximum atomic E-state index is 5.71. The summed E-state index contributed by atoms with van der Waals surface area (Å²) >= 11 is 0. The van der Waals surface area contributed by atoms with Crippen molar-refractivity contribution in [3.8, 4) is 11.4 Å². The van der Waals surface area contributed by atoms with E-state index in [1.807, 2.05) is 12.1 Å². The third-order valence-corrected chi connectivity index (χ3v) is 3.76. The molecule has 1 aliphatic heterocycles. The molecule has 110 valence electrons. The van der Waals surface area contributed by atoms with Gasteiger partial charge in [-0.15, -0.1) is 0 Å². The van der Waals surface area contributed by atoms with Gasteiger partial charge < -0.3 is 21.3 Å². The van der Waals surface area contributed by atoms with Crippen molar-refractivity contribution in [2.24, 2.45) is 0 Å². The number of hydrogen-bond donors (Lipinski definition) is 2. The van der Waals surface area contributed by atoms with E-state index in [1.54, 1.807) is 6.07 Å². The lowest BCUT2D eigenvalue weighted by molar-refractivity contribution is 0.313. The van der Waals surface area contributed by atoms with E-state index in [0.29, 0.717) is 17.5 Å². The van der Waals surface area contributed by atoms with Crippen LogP contribution in [0.15, 0.2) is 30.3 Å². The van der Waals surface area contributed by atoms with Gasteiger partial charge in [0.25, 0.3) is 0 Å². The van der Waals surface area contributed by atoms with Gasteiger partial charge in [0.15, 0.2) is 5.82 Å². The van der Waals surface area contributed by atoms with Crippen LogP contribution in [0.3, 0.4) is 0 Å². The highest BCUT2D eigenvalue weighted by Gasteiger charge is 2.14. The zero-order valence-corrected chi connectivity index (χ0v) is 12.2. The molecule has 0 bridgehead atoms. The Morgan fingerprint density at radius 2 is 1.48 bits per heavy atom. The summed E-state index contributed by atoms with van der Waals surface area (Å²) in [6.45, 7) is 4.29. The predicted octanol–water partition coefficient (Wildman–Crippen LogP) is 1.06. The SMILES string of the molecule is CN1CCN(c2ccc(-c3nc(N)cc(N)n3)cc2)CC1. The van der Waals surface area contributed by atoms with Crippen LogP contribution in [0.1, 0.15) is 0 Å². The number of nitrogens with two attached hydrogens (primary N) is 2. The summed E-state index contributed by atoms with van der Waals surface area (Å²) in [5.74, 6) is 1.35. The van der Waals surface area contributed by atoms with E-state index in [9.17, 15) is 0 Å². The summed E-state index contributed by atoms with van der Waals surface area (Å²) in [6, 6.07) is 9.79. The summed E-state index contributed by atoms with van der Waals surface area (Å²) in [4.78, 5) is 13.2. The third-order valence-electron chi connectivity index (χ3n) is 3.76. The molecule has 0 saturated carbocycles. The number of nitrogen functional groups attached to an aromatic ring is 2. The molecule has 1 aromatic carbocycles. The van der Waals surface area contributed by atoms with Crippen LogP contribution in [0.4, 0.5) is 17.3 Å². The van der Waals surface area contributed by atoms with Gasteiger partial charge in [0.05, 0.1) is 0 Å². The highest BCUT2D eigenvalue weighted by Crippen LogP contribution is 2.22. The van der Waals surface area contributed by atoms with Crippen molar-refractivity contribution in [1.29, 1.82) is 0 Å². The normalized spacial score (nSPS) is 16.1. The average Bonchev–Trinajstić information content (AvgIpc) is 2.47. The second kappa shape index (κ2) is 5.57. The zero-order valence-electron chi connectivity index (χ0n) is 12.2. The second-order valence-corrected chi connectivity index (χ2v) is 5.38. The van der Waals surface area contributed by atoms with Gasteiger partial charge in [0.1, 0.15) is 11.6 Å². The molecule has 1 aliphatic rings. The van der Waals surface area contributed by atoms with Crippen molar-refractivity contribution >= 4 is 17.3 Å². The van der Waals surface area contributed by atoms with Gasteiger partial charge in [-0.25, -0.2) is 9.97 Å². The molecule has 4 N–H and O–H groups in total. The van der Waals surface area contributed by atoms with Crippen molar-refractivity contribution < 1.29 is 0 Å². The molecule has 3 rings (SSSR count). The van der Waals surface area contributed by atoms with Crippen LogP contribution >= 0.6 is 0 Å². The van der Waals surface area contributed by atoms with Gasteiger partial charge in [0.2, 0.25) is 0 Å². The van der Waals surface area contributed by atoms with Gasteiger partial charge in [-0.2, -0.15) is 0 Å². The third kappa shape index (κ3) is 3.05. The lowest BCUT2D eigenvalue weighted by Crippen LogP contribution is -2.44. The molecular formula is C15H20N6. The Morgan fingerprint density at radius 3 is 2.05 bits per heavy atom. The number of rotatable bonds is 2. The van der Waals surface area contributed by atoms with Crippen LogP contribution in [-0.2, 0) is 0 Å². The van der Waals surface area contributed by atoms with Crippen molar-refractivity contribution in [3.63, 3.8) is 0 Å². The molecule has 0 aliphatic carbocycles. The van der Waals surface area contributed by atoms with E-state index < -0.39 is 0 Å². The van der Waals surface area contributed by atoms with Crippen molar-refractivity contribution in [1.82, 2.24) is 14.9 Å². The second-order valence-electron chi connectivity index (χ2n) is 5.38. The van der Waals surface area contributed by atoms with E-state index in [4.69, 9.17) is 11.5 Å². The molecule has 2 heterocycles. The number of likely N-dealkylation sites (N-methyl/N-ethyl adjacent to an activating group) is 1. The average molecular weight is 284 g/mol. The number of piperazine rings is 1. The smallest absolute Gasteiger partial charge is 0.163 e. The van der Waals surface area contributed by atoms with Crippen molar-refractivity contribution in [2.45, 2.75) is 0 Å². The zero-order chi connectivity index (χ0) is 14.8. The number of aromatic nitrogens is 2. The maximum absolute atomic E-state index is 5.71. The first-order valence-corrected chi connectivity index (χ1v) is 7.06. The molecule has 0 spiro atoms. The highest BCUT2D eigenvalue weighted by molar-refractivity contribution is 5.63. The summed E-state index contributed by atoms with van der Waals surface area (Å²) in [6.07, 6.45) is 0. The fraction of sp³-hybridized carbons (Fsp3) is 0.333. The summed E-state index contributed by atoms with van der Waals surface area (Å²) in [5.41, 5.74) is 13.6. The van der Waals surface area contributed by atoms with E-state index in [2.05, 4.69) is 38.9 Å². The largest absolute Gasteiger partial charge is 0.384 e. The van der Waals surface area contributed by atoms with Crippen LogP contribution in [0, 0.1) is 0 Å². The van der Waals surface area contributed by atoms with Crippen LogP contribution in [0.5, 0.6) is 0 Å². The number of hydrogen-bond acceptors (Lipinski definition) is 6. The minimum Gasteiger partial charge on any atom is -0.384 e. The monoisotopic (exact) mass is 284 g/mol. The minimum absolute atomic E-state index is 0.389. The first-order valence-electron chi connectivity index (χ1n) is 7.06. The molecule has 1 aromatic heterocycles. The molecule has 0 amide bonds. The van der Waals surface area contributed by atoms with Crippen LogP contribution in [0.2, 0.25) is 0 Å². The van der Waals surface area contributed by atoms with Gasteiger partial charge in [0, 0.05) is 43.5 Å². The standard InChI is InChI=1S/C15H20N6/c1-20-6-8-21(9-7-20)12-4-2-11(3-5-12)15-18-13(16)10-14(17)19-15/h2-5,10H,6-9H2,1H3,(H4,16,17,18,19). The predicted molar refractivity (Wildman–Crippen MR) is 86.0 cm³/mol. The Labute approximate surface area is 124 Å². The van der Waals surface area contributed by atoms with Crippen LogP contribution < -0.4 is 16.4 Å². The molecule has 0 atom stereocenters. The molecule has 1 fully saturated rings. The molecule has 0 radical (unpaired) electrons. The lowest BCUT2D eigenvalue weighted by atomic mass is 10.1. The van der Waals surface area contributed by atoms with Gasteiger partial charge in [-0.05, 0) is 31.3 Å². The molecule has 1 saturated heterocycles. The Hall–Kier alpha value is -2.34. The van der Waals surface area contributed by atoms with Crippen molar-refractivity contribution in [2.75, 3.05) is 49.6 Å².